The Morgan fingerprint density at radius 2 is 1.89 bits per heavy atom. The highest BCUT2D eigenvalue weighted by atomic mass is 32.1. The van der Waals surface area contributed by atoms with E-state index in [1.54, 1.807) is 19.1 Å². The number of carbonyl (C=O) groups is 1. The van der Waals surface area contributed by atoms with Gasteiger partial charge in [-0.1, -0.05) is 12.2 Å². The third-order valence-electron chi connectivity index (χ3n) is 3.52. The molecule has 0 atom stereocenters. The van der Waals surface area contributed by atoms with Crippen LogP contribution in [-0.2, 0) is 0 Å². The van der Waals surface area contributed by atoms with E-state index < -0.39 is 12.7 Å². The molecule has 2 heterocycles. The standard InChI is InChI=1S/C10H11F3N2OS.C7H13N.C2H4/c1-7(9-4-3-8(5-16)17-9)14-15(2)6-10(11,12)13;1-7-3-5-8(2)6-4-7;1-2/h3-5H,6H2,1-2H3;1,3-6H2,2H3;1-2H2/b14-7+;;. The van der Waals surface area contributed by atoms with Crippen molar-refractivity contribution in [3.63, 3.8) is 0 Å². The largest absolute Gasteiger partial charge is 0.407 e. The second-order valence-corrected chi connectivity index (χ2v) is 7.10. The van der Waals surface area contributed by atoms with Crippen LogP contribution < -0.4 is 0 Å². The normalized spacial score (nSPS) is 15.2. The highest BCUT2D eigenvalue weighted by molar-refractivity contribution is 7.15. The van der Waals surface area contributed by atoms with Gasteiger partial charge < -0.3 is 4.90 Å². The summed E-state index contributed by atoms with van der Waals surface area (Å²) in [6.07, 6.45) is -1.17. The van der Waals surface area contributed by atoms with E-state index in [2.05, 4.69) is 36.8 Å². The lowest BCUT2D eigenvalue weighted by Crippen LogP contribution is -2.28. The van der Waals surface area contributed by atoms with Gasteiger partial charge >= 0.3 is 6.18 Å². The number of carbonyl (C=O) groups excluding carboxylic acids is 1. The van der Waals surface area contributed by atoms with Crippen LogP contribution in [0.4, 0.5) is 13.2 Å². The molecule has 0 radical (unpaired) electrons. The van der Waals surface area contributed by atoms with Crippen LogP contribution >= 0.6 is 11.3 Å². The Balaban J connectivity index is 0.000000562. The number of thiophene rings is 1. The predicted molar refractivity (Wildman–Crippen MR) is 108 cm³/mol. The van der Waals surface area contributed by atoms with Crippen molar-refractivity contribution in [2.24, 2.45) is 5.10 Å². The van der Waals surface area contributed by atoms with E-state index in [0.717, 1.165) is 5.01 Å². The first-order chi connectivity index (χ1) is 12.6. The molecule has 0 amide bonds. The minimum Gasteiger partial charge on any atom is -0.306 e. The lowest BCUT2D eigenvalue weighted by atomic mass is 10.1. The maximum absolute atomic E-state index is 12.1. The minimum atomic E-state index is -4.28. The predicted octanol–water partition coefficient (Wildman–Crippen LogP) is 4.85. The SMILES string of the molecule is C/C(=N\N(C)CC(F)(F)F)c1ccc(C=O)s1.C=C.C=C1CCN(C)CC1. The number of hydrogen-bond acceptors (Lipinski definition) is 5. The van der Waals surface area contributed by atoms with Crippen molar-refractivity contribution in [1.29, 1.82) is 0 Å². The van der Waals surface area contributed by atoms with Crippen molar-refractivity contribution in [3.8, 4) is 0 Å². The first kappa shape index (κ1) is 25.1. The molecular formula is C19H28F3N3OS. The minimum absolute atomic E-state index is 0.454. The molecule has 2 rings (SSSR count). The highest BCUT2D eigenvalue weighted by Gasteiger charge is 2.29. The first-order valence-corrected chi connectivity index (χ1v) is 9.16. The lowest BCUT2D eigenvalue weighted by molar-refractivity contribution is -0.142. The number of likely N-dealkylation sites (tertiary alicyclic amines) is 1. The third kappa shape index (κ3) is 11.4. The summed E-state index contributed by atoms with van der Waals surface area (Å²) in [5.74, 6) is 0. The van der Waals surface area contributed by atoms with Crippen LogP contribution in [0.25, 0.3) is 0 Å². The first-order valence-electron chi connectivity index (χ1n) is 8.34. The van der Waals surface area contributed by atoms with Gasteiger partial charge in [0, 0.05) is 20.1 Å². The molecule has 27 heavy (non-hydrogen) atoms. The molecule has 8 heteroatoms. The maximum atomic E-state index is 12.1. The molecular weight excluding hydrogens is 375 g/mol. The van der Waals surface area contributed by atoms with Gasteiger partial charge in [0.25, 0.3) is 0 Å². The van der Waals surface area contributed by atoms with E-state index in [1.807, 2.05) is 0 Å². The fourth-order valence-electron chi connectivity index (χ4n) is 2.15. The Labute approximate surface area is 163 Å². The van der Waals surface area contributed by atoms with E-state index in [0.29, 0.717) is 21.8 Å². The molecule has 1 fully saturated rings. The van der Waals surface area contributed by atoms with E-state index in [9.17, 15) is 18.0 Å². The number of nitrogens with zero attached hydrogens (tertiary/aromatic N) is 3. The highest BCUT2D eigenvalue weighted by Crippen LogP contribution is 2.18. The molecule has 0 aromatic carbocycles. The Morgan fingerprint density at radius 1 is 1.33 bits per heavy atom. The van der Waals surface area contributed by atoms with Gasteiger partial charge in [0.2, 0.25) is 0 Å². The van der Waals surface area contributed by atoms with Crippen LogP contribution in [-0.4, -0.2) is 61.8 Å². The molecule has 1 aliphatic rings. The topological polar surface area (TPSA) is 35.9 Å². The van der Waals surface area contributed by atoms with Gasteiger partial charge in [0.1, 0.15) is 6.54 Å². The van der Waals surface area contributed by atoms with Crippen molar-refractivity contribution in [2.75, 3.05) is 33.7 Å². The summed E-state index contributed by atoms with van der Waals surface area (Å²) in [6.45, 7) is 12.8. The summed E-state index contributed by atoms with van der Waals surface area (Å²) in [7, 11) is 3.41. The average molecular weight is 404 g/mol. The van der Waals surface area contributed by atoms with E-state index in [4.69, 9.17) is 0 Å². The summed E-state index contributed by atoms with van der Waals surface area (Å²) >= 11 is 1.19. The second kappa shape index (κ2) is 12.5. The average Bonchev–Trinajstić information content (AvgIpc) is 3.07. The van der Waals surface area contributed by atoms with Crippen LogP contribution in [0.15, 0.2) is 42.5 Å². The summed E-state index contributed by atoms with van der Waals surface area (Å²) < 4.78 is 36.2. The maximum Gasteiger partial charge on any atom is 0.407 e. The summed E-state index contributed by atoms with van der Waals surface area (Å²) in [6, 6.07) is 3.27. The zero-order chi connectivity index (χ0) is 21.0. The lowest BCUT2D eigenvalue weighted by Gasteiger charge is -2.22. The number of rotatable bonds is 4. The Morgan fingerprint density at radius 3 is 2.30 bits per heavy atom. The Hall–Kier alpha value is -1.93. The van der Waals surface area contributed by atoms with E-state index in [-0.39, 0.29) is 0 Å². The van der Waals surface area contributed by atoms with Crippen LogP contribution in [0.2, 0.25) is 0 Å². The zero-order valence-electron chi connectivity index (χ0n) is 16.2. The van der Waals surface area contributed by atoms with Gasteiger partial charge in [-0.25, -0.2) is 0 Å². The number of piperidine rings is 1. The van der Waals surface area contributed by atoms with Crippen LogP contribution in [0.5, 0.6) is 0 Å². The monoisotopic (exact) mass is 403 g/mol. The van der Waals surface area contributed by atoms with E-state index in [1.165, 1.54) is 49.9 Å². The van der Waals surface area contributed by atoms with Crippen molar-refractivity contribution >= 4 is 23.3 Å². The van der Waals surface area contributed by atoms with Crippen molar-refractivity contribution < 1.29 is 18.0 Å². The number of hydrazone groups is 1. The van der Waals surface area contributed by atoms with Gasteiger partial charge in [-0.15, -0.1) is 24.5 Å². The molecule has 0 aliphatic carbocycles. The molecule has 0 spiro atoms. The summed E-state index contributed by atoms with van der Waals surface area (Å²) in [4.78, 5) is 14.0. The van der Waals surface area contributed by atoms with Crippen molar-refractivity contribution in [2.45, 2.75) is 25.9 Å². The summed E-state index contributed by atoms with van der Waals surface area (Å²) in [5, 5.41) is 4.63. The fraction of sp³-hybridized carbons (Fsp3) is 0.474. The molecule has 1 aliphatic heterocycles. The molecule has 1 aromatic rings. The molecule has 0 saturated carbocycles. The molecule has 0 N–H and O–H groups in total. The second-order valence-electron chi connectivity index (χ2n) is 5.99. The number of halogens is 3. The summed E-state index contributed by atoms with van der Waals surface area (Å²) in [5.41, 5.74) is 1.87. The van der Waals surface area contributed by atoms with Crippen LogP contribution in [0.3, 0.4) is 0 Å². The Bertz CT molecular complexity index is 616. The molecule has 0 bridgehead atoms. The molecule has 1 aromatic heterocycles. The third-order valence-corrected chi connectivity index (χ3v) is 4.64. The van der Waals surface area contributed by atoms with Gasteiger partial charge in [-0.05, 0) is 38.9 Å². The number of alkyl halides is 3. The van der Waals surface area contributed by atoms with E-state index >= 15 is 0 Å². The molecule has 0 unspecified atom stereocenters. The van der Waals surface area contributed by atoms with Gasteiger partial charge in [0.05, 0.1) is 15.5 Å². The van der Waals surface area contributed by atoms with Gasteiger partial charge in [-0.2, -0.15) is 18.3 Å². The van der Waals surface area contributed by atoms with Gasteiger partial charge in [0.15, 0.2) is 6.29 Å². The van der Waals surface area contributed by atoms with Crippen molar-refractivity contribution in [1.82, 2.24) is 9.91 Å². The molecule has 4 nitrogen and oxygen atoms in total. The fourth-order valence-corrected chi connectivity index (χ4v) is 2.91. The van der Waals surface area contributed by atoms with Crippen LogP contribution in [0.1, 0.15) is 34.3 Å². The zero-order valence-corrected chi connectivity index (χ0v) is 17.0. The number of aldehydes is 1. The quantitative estimate of drug-likeness (QED) is 0.312. The van der Waals surface area contributed by atoms with Crippen LogP contribution in [0, 0.1) is 0 Å². The Kier molecular flexibility index (Phi) is 11.6. The van der Waals surface area contributed by atoms with Gasteiger partial charge in [-0.3, -0.25) is 9.80 Å². The number of hydrogen-bond donors (Lipinski definition) is 0. The molecule has 152 valence electrons. The van der Waals surface area contributed by atoms with Crippen molar-refractivity contribution in [3.05, 3.63) is 47.2 Å². The smallest absolute Gasteiger partial charge is 0.306 e. The molecule has 1 saturated heterocycles.